The van der Waals surface area contributed by atoms with Crippen LogP contribution in [-0.2, 0) is 13.1 Å². The molecule has 0 aliphatic heterocycles. The summed E-state index contributed by atoms with van der Waals surface area (Å²) in [6.45, 7) is 2.96. The van der Waals surface area contributed by atoms with Crippen LogP contribution in [0.15, 0.2) is 41.0 Å². The average molecular weight is 273 g/mol. The third-order valence-corrected chi connectivity index (χ3v) is 3.13. The molecule has 1 heterocycles. The van der Waals surface area contributed by atoms with Gasteiger partial charge in [-0.1, -0.05) is 0 Å². The molecule has 0 saturated heterocycles. The molecular weight excluding hydrogens is 254 g/mol. The molecule has 0 fully saturated rings. The minimum Gasteiger partial charge on any atom is -0.496 e. The number of ketones is 1. The van der Waals surface area contributed by atoms with Gasteiger partial charge in [0.05, 0.1) is 19.9 Å². The number of benzene rings is 1. The molecule has 106 valence electrons. The van der Waals surface area contributed by atoms with Crippen LogP contribution in [0.4, 0.5) is 0 Å². The predicted octanol–water partition coefficient (Wildman–Crippen LogP) is 3.12. The van der Waals surface area contributed by atoms with E-state index in [4.69, 9.17) is 9.15 Å². The first kappa shape index (κ1) is 14.3. The minimum atomic E-state index is 0.0580. The maximum Gasteiger partial charge on any atom is 0.159 e. The summed E-state index contributed by atoms with van der Waals surface area (Å²) in [6.07, 6.45) is 1.67. The zero-order valence-electron chi connectivity index (χ0n) is 12.1. The van der Waals surface area contributed by atoms with Gasteiger partial charge in [-0.2, -0.15) is 0 Å². The van der Waals surface area contributed by atoms with Gasteiger partial charge in [0, 0.05) is 17.7 Å². The van der Waals surface area contributed by atoms with E-state index in [0.717, 1.165) is 17.1 Å². The Morgan fingerprint density at radius 1 is 1.30 bits per heavy atom. The van der Waals surface area contributed by atoms with Gasteiger partial charge in [-0.25, -0.2) is 0 Å². The van der Waals surface area contributed by atoms with Crippen molar-refractivity contribution < 1.29 is 13.9 Å². The number of hydrogen-bond donors (Lipinski definition) is 0. The summed E-state index contributed by atoms with van der Waals surface area (Å²) in [7, 11) is 3.64. The van der Waals surface area contributed by atoms with Gasteiger partial charge in [-0.3, -0.25) is 9.69 Å². The van der Waals surface area contributed by atoms with Gasteiger partial charge < -0.3 is 9.15 Å². The van der Waals surface area contributed by atoms with E-state index in [-0.39, 0.29) is 5.78 Å². The van der Waals surface area contributed by atoms with E-state index in [0.29, 0.717) is 18.7 Å². The lowest BCUT2D eigenvalue weighted by molar-refractivity contribution is 0.101. The standard InChI is InChI=1S/C16H19NO3/c1-12(18)13-6-7-16(19-3)14(9-13)10-17(2)11-15-5-4-8-20-15/h4-9H,10-11H2,1-3H3. The van der Waals surface area contributed by atoms with Gasteiger partial charge in [0.1, 0.15) is 11.5 Å². The Hall–Kier alpha value is -2.07. The minimum absolute atomic E-state index is 0.0580. The van der Waals surface area contributed by atoms with Crippen LogP contribution in [0.1, 0.15) is 28.6 Å². The van der Waals surface area contributed by atoms with Crippen LogP contribution >= 0.6 is 0 Å². The smallest absolute Gasteiger partial charge is 0.159 e. The Bertz CT molecular complexity index is 575. The number of Topliss-reactive ketones (excluding diaryl/α,β-unsaturated/α-hetero) is 1. The second-order valence-corrected chi connectivity index (χ2v) is 4.83. The van der Waals surface area contributed by atoms with E-state index in [9.17, 15) is 4.79 Å². The lowest BCUT2D eigenvalue weighted by atomic mass is 10.1. The number of furan rings is 1. The van der Waals surface area contributed by atoms with Gasteiger partial charge in [-0.05, 0) is 44.3 Å². The van der Waals surface area contributed by atoms with Gasteiger partial charge in [0.25, 0.3) is 0 Å². The fraction of sp³-hybridized carbons (Fsp3) is 0.312. The van der Waals surface area contributed by atoms with Gasteiger partial charge >= 0.3 is 0 Å². The summed E-state index contributed by atoms with van der Waals surface area (Å²) in [6, 6.07) is 9.34. The van der Waals surface area contributed by atoms with Crippen molar-refractivity contribution in [1.29, 1.82) is 0 Å². The van der Waals surface area contributed by atoms with Crippen molar-refractivity contribution in [2.24, 2.45) is 0 Å². The summed E-state index contributed by atoms with van der Waals surface area (Å²) in [5.74, 6) is 1.76. The molecule has 2 aromatic rings. The molecule has 0 amide bonds. The molecule has 4 heteroatoms. The lowest BCUT2D eigenvalue weighted by Crippen LogP contribution is -2.17. The Morgan fingerprint density at radius 3 is 2.70 bits per heavy atom. The highest BCUT2D eigenvalue weighted by atomic mass is 16.5. The van der Waals surface area contributed by atoms with E-state index in [2.05, 4.69) is 4.90 Å². The molecule has 0 bridgehead atoms. The van der Waals surface area contributed by atoms with Crippen molar-refractivity contribution in [1.82, 2.24) is 4.90 Å². The van der Waals surface area contributed by atoms with Crippen LogP contribution in [-0.4, -0.2) is 24.8 Å². The molecule has 4 nitrogen and oxygen atoms in total. The van der Waals surface area contributed by atoms with E-state index >= 15 is 0 Å². The summed E-state index contributed by atoms with van der Waals surface area (Å²) < 4.78 is 10.7. The Balaban J connectivity index is 2.14. The largest absolute Gasteiger partial charge is 0.496 e. The summed E-state index contributed by atoms with van der Waals surface area (Å²) in [5, 5.41) is 0. The Morgan fingerprint density at radius 2 is 2.10 bits per heavy atom. The van der Waals surface area contributed by atoms with Gasteiger partial charge in [0.2, 0.25) is 0 Å². The third kappa shape index (κ3) is 3.48. The molecule has 0 saturated carbocycles. The molecule has 0 spiro atoms. The summed E-state index contributed by atoms with van der Waals surface area (Å²) >= 11 is 0. The van der Waals surface area contributed by atoms with Crippen molar-refractivity contribution in [2.75, 3.05) is 14.2 Å². The molecule has 0 atom stereocenters. The number of rotatable bonds is 6. The second kappa shape index (κ2) is 6.39. The fourth-order valence-corrected chi connectivity index (χ4v) is 2.14. The third-order valence-electron chi connectivity index (χ3n) is 3.13. The van der Waals surface area contributed by atoms with Crippen molar-refractivity contribution in [3.05, 3.63) is 53.5 Å². The highest BCUT2D eigenvalue weighted by molar-refractivity contribution is 5.94. The van der Waals surface area contributed by atoms with Crippen molar-refractivity contribution >= 4 is 5.78 Å². The number of carbonyl (C=O) groups excluding carboxylic acids is 1. The maximum absolute atomic E-state index is 11.5. The van der Waals surface area contributed by atoms with Crippen LogP contribution in [0.2, 0.25) is 0 Å². The molecular formula is C16H19NO3. The van der Waals surface area contributed by atoms with Crippen molar-refractivity contribution in [3.8, 4) is 5.75 Å². The van der Waals surface area contributed by atoms with Crippen LogP contribution in [0.5, 0.6) is 5.75 Å². The zero-order valence-corrected chi connectivity index (χ0v) is 12.1. The topological polar surface area (TPSA) is 42.7 Å². The molecule has 0 aliphatic carbocycles. The SMILES string of the molecule is COc1ccc(C(C)=O)cc1CN(C)Cc1ccco1. The van der Waals surface area contributed by atoms with E-state index in [1.54, 1.807) is 26.4 Å². The normalized spacial score (nSPS) is 10.8. The summed E-state index contributed by atoms with van der Waals surface area (Å²) in [5.41, 5.74) is 1.70. The average Bonchev–Trinajstić information content (AvgIpc) is 2.91. The first-order valence-corrected chi connectivity index (χ1v) is 6.49. The molecule has 1 aromatic heterocycles. The lowest BCUT2D eigenvalue weighted by Gasteiger charge is -2.17. The Kier molecular flexibility index (Phi) is 4.58. The van der Waals surface area contributed by atoms with Crippen LogP contribution in [0.25, 0.3) is 0 Å². The zero-order chi connectivity index (χ0) is 14.5. The maximum atomic E-state index is 11.5. The number of hydrogen-bond acceptors (Lipinski definition) is 4. The van der Waals surface area contributed by atoms with Crippen LogP contribution in [0.3, 0.4) is 0 Å². The van der Waals surface area contributed by atoms with Crippen molar-refractivity contribution in [3.63, 3.8) is 0 Å². The highest BCUT2D eigenvalue weighted by Gasteiger charge is 2.10. The molecule has 20 heavy (non-hydrogen) atoms. The van der Waals surface area contributed by atoms with Gasteiger partial charge in [-0.15, -0.1) is 0 Å². The van der Waals surface area contributed by atoms with Crippen molar-refractivity contribution in [2.45, 2.75) is 20.0 Å². The molecule has 1 aromatic carbocycles. The van der Waals surface area contributed by atoms with Crippen LogP contribution < -0.4 is 4.74 Å². The summed E-state index contributed by atoms with van der Waals surface area (Å²) in [4.78, 5) is 13.6. The first-order valence-electron chi connectivity index (χ1n) is 6.49. The monoisotopic (exact) mass is 273 g/mol. The number of carbonyl (C=O) groups is 1. The quantitative estimate of drug-likeness (QED) is 0.758. The first-order chi connectivity index (χ1) is 9.60. The molecule has 0 unspecified atom stereocenters. The van der Waals surface area contributed by atoms with Gasteiger partial charge in [0.15, 0.2) is 5.78 Å². The number of ether oxygens (including phenoxy) is 1. The van der Waals surface area contributed by atoms with E-state index in [1.807, 2.05) is 31.3 Å². The molecule has 0 N–H and O–H groups in total. The molecule has 0 aliphatic rings. The highest BCUT2D eigenvalue weighted by Crippen LogP contribution is 2.22. The molecule has 0 radical (unpaired) electrons. The fourth-order valence-electron chi connectivity index (χ4n) is 2.14. The van der Waals surface area contributed by atoms with E-state index < -0.39 is 0 Å². The number of nitrogens with zero attached hydrogens (tertiary/aromatic N) is 1. The predicted molar refractivity (Wildman–Crippen MR) is 76.9 cm³/mol. The number of methoxy groups -OCH3 is 1. The van der Waals surface area contributed by atoms with Crippen LogP contribution in [0, 0.1) is 0 Å². The molecule has 2 rings (SSSR count). The second-order valence-electron chi connectivity index (χ2n) is 4.83. The Labute approximate surface area is 119 Å². The van der Waals surface area contributed by atoms with E-state index in [1.165, 1.54) is 0 Å².